The number of nitrogens with two attached hydrogens (primary N) is 2. The van der Waals surface area contributed by atoms with Crippen LogP contribution < -0.4 is 30.4 Å². The van der Waals surface area contributed by atoms with E-state index >= 15 is 0 Å². The fourth-order valence-corrected chi connectivity index (χ4v) is 7.18. The number of nitrogens with zero attached hydrogens (tertiary/aromatic N) is 2. The molecule has 0 amide bonds. The Kier molecular flexibility index (Phi) is 9.58. The molecular formula is C30H32N4O4S4. The minimum absolute atomic E-state index is 0.141. The average Bonchev–Trinajstić information content (AvgIpc) is 3.67. The standard InChI is InChI=1S/C30H32N4O4S4/c31-11-17-27(15-1-3-19-21(9-15)37-13-35-19)23(39)5-7-26(42)30(34)18(12-32)28(24(40)6-8-25(41)29(17)33)16-2-4-20-22(10-16)38-14-36-20/h1-4,9-10,23-28,39-42H,5-8,13-14,33-34H2/b29-17+,30-18+. The largest absolute Gasteiger partial charge is 0.454 e. The Labute approximate surface area is 267 Å². The molecule has 5 rings (SSSR count). The zero-order valence-electron chi connectivity index (χ0n) is 22.6. The highest BCUT2D eigenvalue weighted by molar-refractivity contribution is 7.81. The topological polar surface area (TPSA) is 137 Å². The van der Waals surface area contributed by atoms with Crippen LogP contribution in [-0.4, -0.2) is 34.6 Å². The summed E-state index contributed by atoms with van der Waals surface area (Å²) in [4.78, 5) is 0. The first-order valence-corrected chi connectivity index (χ1v) is 15.6. The van der Waals surface area contributed by atoms with Gasteiger partial charge in [-0.15, -0.1) is 0 Å². The van der Waals surface area contributed by atoms with Crippen molar-refractivity contribution in [2.75, 3.05) is 13.6 Å². The molecule has 6 atom stereocenters. The number of hydrogen-bond donors (Lipinski definition) is 6. The Hall–Kier alpha value is -2.90. The van der Waals surface area contributed by atoms with E-state index in [1.165, 1.54) is 0 Å². The molecule has 2 heterocycles. The molecule has 1 aliphatic carbocycles. The molecule has 0 saturated heterocycles. The number of nitriles is 2. The number of ether oxygens (including phenoxy) is 4. The molecule has 3 aliphatic rings. The van der Waals surface area contributed by atoms with E-state index in [4.69, 9.17) is 80.9 Å². The maximum atomic E-state index is 10.4. The monoisotopic (exact) mass is 640 g/mol. The van der Waals surface area contributed by atoms with Gasteiger partial charge >= 0.3 is 0 Å². The van der Waals surface area contributed by atoms with Crippen LogP contribution >= 0.6 is 50.5 Å². The Bertz CT molecular complexity index is 1390. The number of allylic oxidation sites excluding steroid dienone is 2. The van der Waals surface area contributed by atoms with Gasteiger partial charge in [0.2, 0.25) is 13.6 Å². The van der Waals surface area contributed by atoms with Gasteiger partial charge in [0.25, 0.3) is 0 Å². The van der Waals surface area contributed by atoms with Crippen molar-refractivity contribution in [2.45, 2.75) is 58.5 Å². The number of hydrogen-bond acceptors (Lipinski definition) is 12. The summed E-state index contributed by atoms with van der Waals surface area (Å²) in [7, 11) is 0. The molecule has 12 heteroatoms. The molecule has 2 aliphatic heterocycles. The molecule has 0 fully saturated rings. The van der Waals surface area contributed by atoms with Crippen LogP contribution in [0.2, 0.25) is 0 Å². The van der Waals surface area contributed by atoms with Gasteiger partial charge in [-0.2, -0.15) is 61.0 Å². The predicted octanol–water partition coefficient (Wildman–Crippen LogP) is 5.25. The fourth-order valence-electron chi connectivity index (χ4n) is 5.66. The third kappa shape index (κ3) is 6.09. The van der Waals surface area contributed by atoms with Crippen LogP contribution in [0.3, 0.4) is 0 Å². The van der Waals surface area contributed by atoms with Crippen molar-refractivity contribution in [3.8, 4) is 35.1 Å². The van der Waals surface area contributed by atoms with Gasteiger partial charge in [-0.05, 0) is 61.1 Å². The SMILES string of the molecule is N#C/C1=C(\N)C(S)CCC(S)C(c2ccc3c(c2)OCO3)/C(C#N)=C(/N)C(S)CCC(S)C1c1ccc2c(c1)OCO2. The Morgan fingerprint density at radius 2 is 0.976 bits per heavy atom. The maximum Gasteiger partial charge on any atom is 0.231 e. The molecule has 0 aromatic heterocycles. The second-order valence-corrected chi connectivity index (χ2v) is 13.0. The van der Waals surface area contributed by atoms with Gasteiger partial charge in [-0.1, -0.05) is 12.1 Å². The van der Waals surface area contributed by atoms with Crippen molar-refractivity contribution in [2.24, 2.45) is 11.5 Å². The smallest absolute Gasteiger partial charge is 0.231 e. The maximum absolute atomic E-state index is 10.4. The molecule has 0 bridgehead atoms. The van der Waals surface area contributed by atoms with Crippen molar-refractivity contribution >= 4 is 50.5 Å². The lowest BCUT2D eigenvalue weighted by Gasteiger charge is -2.30. The van der Waals surface area contributed by atoms with Gasteiger partial charge in [0.1, 0.15) is 0 Å². The van der Waals surface area contributed by atoms with Gasteiger partial charge in [0.05, 0.1) is 23.3 Å². The first kappa shape index (κ1) is 30.6. The predicted molar refractivity (Wildman–Crippen MR) is 174 cm³/mol. The molecule has 2 aromatic rings. The molecule has 0 spiro atoms. The molecule has 220 valence electrons. The van der Waals surface area contributed by atoms with E-state index in [9.17, 15) is 10.5 Å². The summed E-state index contributed by atoms with van der Waals surface area (Å²) < 4.78 is 22.2. The summed E-state index contributed by atoms with van der Waals surface area (Å²) in [5.41, 5.74) is 16.6. The highest BCUT2D eigenvalue weighted by Crippen LogP contribution is 2.44. The quantitative estimate of drug-likeness (QED) is 0.245. The lowest BCUT2D eigenvalue weighted by molar-refractivity contribution is 0.173. The Morgan fingerprint density at radius 3 is 1.36 bits per heavy atom. The second-order valence-electron chi connectivity index (χ2n) is 10.5. The van der Waals surface area contributed by atoms with E-state index in [0.29, 0.717) is 71.2 Å². The van der Waals surface area contributed by atoms with Crippen molar-refractivity contribution in [1.29, 1.82) is 10.5 Å². The summed E-state index contributed by atoms with van der Waals surface area (Å²) in [5.74, 6) is 1.62. The average molecular weight is 641 g/mol. The van der Waals surface area contributed by atoms with E-state index in [2.05, 4.69) is 12.1 Å². The number of thiol groups is 4. The molecular weight excluding hydrogens is 609 g/mol. The fraction of sp³-hybridized carbons (Fsp3) is 0.400. The molecule has 4 N–H and O–H groups in total. The van der Waals surface area contributed by atoms with Crippen molar-refractivity contribution < 1.29 is 18.9 Å². The van der Waals surface area contributed by atoms with E-state index in [1.54, 1.807) is 0 Å². The summed E-state index contributed by atoms with van der Waals surface area (Å²) in [6.45, 7) is 0.281. The Morgan fingerprint density at radius 1 is 0.595 bits per heavy atom. The van der Waals surface area contributed by atoms with Crippen LogP contribution in [0.15, 0.2) is 58.9 Å². The van der Waals surface area contributed by atoms with Crippen LogP contribution in [0.4, 0.5) is 0 Å². The van der Waals surface area contributed by atoms with Crippen molar-refractivity contribution in [3.05, 3.63) is 70.1 Å². The zero-order chi connectivity index (χ0) is 30.0. The summed E-state index contributed by atoms with van der Waals surface area (Å²) in [6.07, 6.45) is 2.07. The molecule has 2 aromatic carbocycles. The summed E-state index contributed by atoms with van der Waals surface area (Å²) in [5, 5.41) is 19.2. The van der Waals surface area contributed by atoms with Gasteiger partial charge in [-0.25, -0.2) is 0 Å². The third-order valence-electron chi connectivity index (χ3n) is 7.96. The molecule has 0 saturated carbocycles. The van der Waals surface area contributed by atoms with Gasteiger partial charge < -0.3 is 30.4 Å². The van der Waals surface area contributed by atoms with Gasteiger partial charge in [-0.3, -0.25) is 0 Å². The van der Waals surface area contributed by atoms with E-state index in [-0.39, 0.29) is 24.1 Å². The van der Waals surface area contributed by atoms with Crippen molar-refractivity contribution in [1.82, 2.24) is 0 Å². The van der Waals surface area contributed by atoms with E-state index < -0.39 is 22.3 Å². The highest BCUT2D eigenvalue weighted by Gasteiger charge is 2.34. The summed E-state index contributed by atoms with van der Waals surface area (Å²) in [6, 6.07) is 15.9. The number of benzene rings is 2. The van der Waals surface area contributed by atoms with Crippen LogP contribution in [0.1, 0.15) is 48.6 Å². The minimum atomic E-state index is -0.445. The van der Waals surface area contributed by atoms with Crippen LogP contribution in [-0.2, 0) is 0 Å². The first-order chi connectivity index (χ1) is 20.2. The van der Waals surface area contributed by atoms with Crippen LogP contribution in [0.5, 0.6) is 23.0 Å². The van der Waals surface area contributed by atoms with Crippen LogP contribution in [0.25, 0.3) is 0 Å². The van der Waals surface area contributed by atoms with Crippen LogP contribution in [0, 0.1) is 22.7 Å². The Balaban J connectivity index is 1.55. The third-order valence-corrected chi connectivity index (χ3v) is 10.1. The normalized spacial score (nSPS) is 31.6. The first-order valence-electron chi connectivity index (χ1n) is 13.5. The molecule has 0 radical (unpaired) electrons. The lowest BCUT2D eigenvalue weighted by Crippen LogP contribution is -2.27. The lowest BCUT2D eigenvalue weighted by atomic mass is 9.82. The minimum Gasteiger partial charge on any atom is -0.454 e. The van der Waals surface area contributed by atoms with E-state index in [1.807, 2.05) is 36.4 Å². The number of rotatable bonds is 2. The second kappa shape index (κ2) is 13.2. The summed E-state index contributed by atoms with van der Waals surface area (Å²) >= 11 is 19.6. The zero-order valence-corrected chi connectivity index (χ0v) is 26.2. The highest BCUT2D eigenvalue weighted by atomic mass is 32.1. The van der Waals surface area contributed by atoms with Crippen molar-refractivity contribution in [3.63, 3.8) is 0 Å². The van der Waals surface area contributed by atoms with E-state index in [0.717, 1.165) is 11.1 Å². The van der Waals surface area contributed by atoms with Gasteiger partial charge in [0.15, 0.2) is 23.0 Å². The molecule has 42 heavy (non-hydrogen) atoms. The molecule has 8 nitrogen and oxygen atoms in total. The number of fused-ring (bicyclic) bond motifs is 2. The van der Waals surface area contributed by atoms with Gasteiger partial charge in [0, 0.05) is 44.2 Å². The molecule has 6 unspecified atom stereocenters.